The van der Waals surface area contributed by atoms with Gasteiger partial charge in [0.2, 0.25) is 0 Å². The molecule has 1 amide bonds. The number of ether oxygens (including phenoxy) is 1. The molecule has 0 atom stereocenters. The van der Waals surface area contributed by atoms with E-state index in [1.54, 1.807) is 30.2 Å². The molecule has 1 rings (SSSR count). The summed E-state index contributed by atoms with van der Waals surface area (Å²) in [7, 11) is 1.56. The predicted molar refractivity (Wildman–Crippen MR) is 69.4 cm³/mol. The maximum absolute atomic E-state index is 12.2. The summed E-state index contributed by atoms with van der Waals surface area (Å²) in [4.78, 5) is 13.8. The summed E-state index contributed by atoms with van der Waals surface area (Å²) in [5.41, 5.74) is 0.541. The third-order valence-corrected chi connectivity index (χ3v) is 3.13. The smallest absolute Gasteiger partial charge is 0.255 e. The van der Waals surface area contributed by atoms with Crippen LogP contribution in [0.15, 0.2) is 22.7 Å². The van der Waals surface area contributed by atoms with Crippen molar-refractivity contribution >= 4 is 21.8 Å². The number of benzene rings is 1. The fourth-order valence-electron chi connectivity index (χ4n) is 1.49. The molecule has 0 aliphatic carbocycles. The topological polar surface area (TPSA) is 49.8 Å². The maximum Gasteiger partial charge on any atom is 0.255 e. The number of nitrogens with zero attached hydrogens (tertiary/aromatic N) is 1. The first-order valence-corrected chi connectivity index (χ1v) is 6.17. The number of hydrogen-bond donors (Lipinski definition) is 1. The molecular weight excluding hydrogens is 286 g/mol. The minimum atomic E-state index is -0.118. The molecule has 0 aliphatic rings. The minimum absolute atomic E-state index is 0.0405. The molecule has 0 saturated carbocycles. The summed E-state index contributed by atoms with van der Waals surface area (Å²) in [5, 5.41) is 8.90. The Bertz CT molecular complexity index is 395. The van der Waals surface area contributed by atoms with Gasteiger partial charge in [-0.25, -0.2) is 0 Å². The monoisotopic (exact) mass is 301 g/mol. The number of hydrogen-bond acceptors (Lipinski definition) is 3. The van der Waals surface area contributed by atoms with Gasteiger partial charge in [-0.15, -0.1) is 0 Å². The largest absolute Gasteiger partial charge is 0.497 e. The van der Waals surface area contributed by atoms with Gasteiger partial charge in [-0.3, -0.25) is 4.79 Å². The third-order valence-electron chi connectivity index (χ3n) is 2.44. The van der Waals surface area contributed by atoms with Gasteiger partial charge < -0.3 is 14.7 Å². The molecule has 0 radical (unpaired) electrons. The summed E-state index contributed by atoms with van der Waals surface area (Å²) in [5.74, 6) is 0.518. The summed E-state index contributed by atoms with van der Waals surface area (Å²) >= 11 is 3.34. The molecule has 0 spiro atoms. The van der Waals surface area contributed by atoms with Crippen LogP contribution >= 0.6 is 15.9 Å². The third kappa shape index (κ3) is 3.44. The van der Waals surface area contributed by atoms with Gasteiger partial charge in [0.15, 0.2) is 0 Å². The van der Waals surface area contributed by atoms with Crippen LogP contribution in [0.5, 0.6) is 5.75 Å². The second-order valence-corrected chi connectivity index (χ2v) is 4.31. The lowest BCUT2D eigenvalue weighted by Crippen LogP contribution is -2.33. The quantitative estimate of drug-likeness (QED) is 0.904. The summed E-state index contributed by atoms with van der Waals surface area (Å²) in [6.45, 7) is 2.73. The molecule has 0 heterocycles. The van der Waals surface area contributed by atoms with Gasteiger partial charge >= 0.3 is 0 Å². The Morgan fingerprint density at radius 2 is 2.24 bits per heavy atom. The second-order valence-electron chi connectivity index (χ2n) is 3.45. The number of rotatable bonds is 5. The molecule has 94 valence electrons. The molecule has 4 nitrogen and oxygen atoms in total. The number of carbonyl (C=O) groups excluding carboxylic acids is 1. The molecule has 0 bridgehead atoms. The van der Waals surface area contributed by atoms with Crippen molar-refractivity contribution in [2.45, 2.75) is 6.92 Å². The van der Waals surface area contributed by atoms with Gasteiger partial charge in [0.05, 0.1) is 19.3 Å². The molecule has 5 heteroatoms. The Morgan fingerprint density at radius 3 is 2.76 bits per heavy atom. The highest BCUT2D eigenvalue weighted by atomic mass is 79.9. The lowest BCUT2D eigenvalue weighted by Gasteiger charge is -2.20. The predicted octanol–water partition coefficient (Wildman–Crippen LogP) is 1.91. The van der Waals surface area contributed by atoms with Crippen LogP contribution in [0.3, 0.4) is 0 Å². The van der Waals surface area contributed by atoms with Gasteiger partial charge in [0.25, 0.3) is 5.91 Å². The Hall–Kier alpha value is -1.07. The second kappa shape index (κ2) is 6.61. The van der Waals surface area contributed by atoms with E-state index >= 15 is 0 Å². The Labute approximate surface area is 109 Å². The maximum atomic E-state index is 12.2. The van der Waals surface area contributed by atoms with Crippen molar-refractivity contribution in [1.29, 1.82) is 0 Å². The molecule has 0 aliphatic heterocycles. The average molecular weight is 302 g/mol. The van der Waals surface area contributed by atoms with Gasteiger partial charge in [-0.2, -0.15) is 0 Å². The van der Waals surface area contributed by atoms with Gasteiger partial charge in [0, 0.05) is 17.6 Å². The van der Waals surface area contributed by atoms with Gasteiger partial charge in [-0.1, -0.05) is 0 Å². The van der Waals surface area contributed by atoms with Crippen LogP contribution < -0.4 is 4.74 Å². The van der Waals surface area contributed by atoms with E-state index in [1.165, 1.54) is 0 Å². The molecule has 1 N–H and O–H groups in total. The van der Waals surface area contributed by atoms with E-state index in [0.29, 0.717) is 24.4 Å². The Morgan fingerprint density at radius 1 is 1.53 bits per heavy atom. The van der Waals surface area contributed by atoms with Crippen molar-refractivity contribution in [3.63, 3.8) is 0 Å². The van der Waals surface area contributed by atoms with Crippen molar-refractivity contribution in [2.75, 3.05) is 26.8 Å². The zero-order chi connectivity index (χ0) is 12.8. The van der Waals surface area contributed by atoms with E-state index in [4.69, 9.17) is 9.84 Å². The average Bonchev–Trinajstić information content (AvgIpc) is 2.35. The molecule has 17 heavy (non-hydrogen) atoms. The van der Waals surface area contributed by atoms with E-state index in [2.05, 4.69) is 15.9 Å². The normalized spacial score (nSPS) is 10.1. The van der Waals surface area contributed by atoms with Crippen LogP contribution in [-0.2, 0) is 0 Å². The fourth-order valence-corrected chi connectivity index (χ4v) is 1.91. The van der Waals surface area contributed by atoms with Crippen LogP contribution in [0.1, 0.15) is 17.3 Å². The number of aliphatic hydroxyl groups is 1. The fraction of sp³-hybridized carbons (Fsp3) is 0.417. The van der Waals surface area contributed by atoms with Crippen LogP contribution in [0.25, 0.3) is 0 Å². The van der Waals surface area contributed by atoms with Crippen molar-refractivity contribution in [1.82, 2.24) is 4.90 Å². The first kappa shape index (κ1) is 14.0. The molecular formula is C12H16BrNO3. The number of carbonyl (C=O) groups is 1. The van der Waals surface area contributed by atoms with E-state index in [0.717, 1.165) is 4.47 Å². The van der Waals surface area contributed by atoms with Crippen molar-refractivity contribution in [3.05, 3.63) is 28.2 Å². The van der Waals surface area contributed by atoms with Crippen molar-refractivity contribution < 1.29 is 14.6 Å². The number of likely N-dealkylation sites (N-methyl/N-ethyl adjacent to an activating group) is 1. The van der Waals surface area contributed by atoms with Gasteiger partial charge in [-0.05, 0) is 41.1 Å². The molecule has 1 aromatic carbocycles. The number of amides is 1. The first-order valence-electron chi connectivity index (χ1n) is 5.37. The highest BCUT2D eigenvalue weighted by molar-refractivity contribution is 9.10. The van der Waals surface area contributed by atoms with E-state index < -0.39 is 0 Å². The molecule has 0 fully saturated rings. The van der Waals surface area contributed by atoms with Crippen molar-refractivity contribution in [3.8, 4) is 5.75 Å². The van der Waals surface area contributed by atoms with Crippen molar-refractivity contribution in [2.24, 2.45) is 0 Å². The lowest BCUT2D eigenvalue weighted by molar-refractivity contribution is 0.0730. The summed E-state index contributed by atoms with van der Waals surface area (Å²) in [6, 6.07) is 5.24. The number of methoxy groups -OCH3 is 1. The SMILES string of the molecule is CCN(CCO)C(=O)c1cc(OC)ccc1Br. The molecule has 0 unspecified atom stereocenters. The zero-order valence-corrected chi connectivity index (χ0v) is 11.5. The van der Waals surface area contributed by atoms with Gasteiger partial charge in [0.1, 0.15) is 5.75 Å². The van der Waals surface area contributed by atoms with E-state index in [9.17, 15) is 4.79 Å². The molecule has 1 aromatic rings. The summed E-state index contributed by atoms with van der Waals surface area (Å²) < 4.78 is 5.81. The van der Waals surface area contributed by atoms with E-state index in [1.807, 2.05) is 6.92 Å². The lowest BCUT2D eigenvalue weighted by atomic mass is 10.2. The zero-order valence-electron chi connectivity index (χ0n) is 9.94. The Kier molecular flexibility index (Phi) is 5.44. The summed E-state index contributed by atoms with van der Waals surface area (Å²) in [6.07, 6.45) is 0. The number of halogens is 1. The minimum Gasteiger partial charge on any atom is -0.497 e. The van der Waals surface area contributed by atoms with Crippen LogP contribution in [0.4, 0.5) is 0 Å². The highest BCUT2D eigenvalue weighted by Gasteiger charge is 2.17. The molecule has 0 saturated heterocycles. The Balaban J connectivity index is 3.01. The number of aliphatic hydroxyl groups excluding tert-OH is 1. The van der Waals surface area contributed by atoms with Crippen LogP contribution in [0, 0.1) is 0 Å². The highest BCUT2D eigenvalue weighted by Crippen LogP contribution is 2.23. The molecule has 0 aromatic heterocycles. The van der Waals surface area contributed by atoms with E-state index in [-0.39, 0.29) is 12.5 Å². The first-order chi connectivity index (χ1) is 8.13. The van der Waals surface area contributed by atoms with Crippen LogP contribution in [-0.4, -0.2) is 42.7 Å². The standard InChI is InChI=1S/C12H16BrNO3/c1-3-14(6-7-15)12(16)10-8-9(17-2)4-5-11(10)13/h4-5,8,15H,3,6-7H2,1-2H3. The van der Waals surface area contributed by atoms with Crippen LogP contribution in [0.2, 0.25) is 0 Å².